The second-order valence-electron chi connectivity index (χ2n) is 6.44. The van der Waals surface area contributed by atoms with Crippen molar-refractivity contribution in [1.29, 1.82) is 0 Å². The fraction of sp³-hybridized carbons (Fsp3) is 0.100. The highest BCUT2D eigenvalue weighted by atomic mass is 32.2. The average molecular weight is 396 g/mol. The smallest absolute Gasteiger partial charge is 0.264 e. The van der Waals surface area contributed by atoms with Crippen LogP contribution in [0.3, 0.4) is 0 Å². The first kappa shape index (κ1) is 18.0. The third-order valence-electron chi connectivity index (χ3n) is 4.61. The minimum atomic E-state index is -4.03. The summed E-state index contributed by atoms with van der Waals surface area (Å²) in [6.07, 6.45) is 1.53. The molecule has 1 atom stereocenters. The van der Waals surface area contributed by atoms with Crippen molar-refractivity contribution in [2.75, 3.05) is 0 Å². The van der Waals surface area contributed by atoms with Gasteiger partial charge in [-0.05, 0) is 31.2 Å². The Morgan fingerprint density at radius 1 is 1.04 bits per heavy atom. The van der Waals surface area contributed by atoms with Crippen molar-refractivity contribution >= 4 is 26.7 Å². The molecule has 8 heteroatoms. The Morgan fingerprint density at radius 3 is 2.46 bits per heavy atom. The van der Waals surface area contributed by atoms with Crippen LogP contribution in [-0.2, 0) is 25.2 Å². The maximum atomic E-state index is 12.8. The van der Waals surface area contributed by atoms with Crippen LogP contribution in [0.15, 0.2) is 83.4 Å². The zero-order valence-electron chi connectivity index (χ0n) is 14.8. The molecule has 0 bridgehead atoms. The number of sulfonamides is 1. The van der Waals surface area contributed by atoms with Crippen molar-refractivity contribution in [3.8, 4) is 0 Å². The highest BCUT2D eigenvalue weighted by Crippen LogP contribution is 2.40. The quantitative estimate of drug-likeness (QED) is 0.702. The molecule has 4 rings (SSSR count). The SMILES string of the molecule is CC1(c2ccnc3ccccc23)OC(NS(=O)(=O)c2ccccc2)=C(O)C1=O. The normalized spacial score (nSPS) is 19.7. The highest BCUT2D eigenvalue weighted by Gasteiger charge is 2.49. The number of aromatic nitrogens is 1. The van der Waals surface area contributed by atoms with Gasteiger partial charge in [-0.3, -0.25) is 9.78 Å². The minimum absolute atomic E-state index is 0.0192. The Hall–Kier alpha value is -3.39. The molecule has 0 fully saturated rings. The van der Waals surface area contributed by atoms with E-state index in [1.165, 1.54) is 25.3 Å². The van der Waals surface area contributed by atoms with Gasteiger partial charge in [0.1, 0.15) is 0 Å². The molecule has 2 aromatic carbocycles. The van der Waals surface area contributed by atoms with Crippen molar-refractivity contribution in [2.24, 2.45) is 0 Å². The molecule has 0 amide bonds. The van der Waals surface area contributed by atoms with Gasteiger partial charge in [-0.1, -0.05) is 36.4 Å². The number of para-hydroxylation sites is 1. The Labute approximate surface area is 161 Å². The fourth-order valence-corrected chi connectivity index (χ4v) is 4.18. The van der Waals surface area contributed by atoms with Gasteiger partial charge in [0.15, 0.2) is 5.60 Å². The molecular formula is C20H16N2O5S. The molecule has 0 saturated carbocycles. The summed E-state index contributed by atoms with van der Waals surface area (Å²) in [7, 11) is -4.03. The van der Waals surface area contributed by atoms with Gasteiger partial charge in [0.2, 0.25) is 11.6 Å². The Bertz CT molecular complexity index is 1220. The first-order valence-electron chi connectivity index (χ1n) is 8.42. The number of benzene rings is 2. The second-order valence-corrected chi connectivity index (χ2v) is 8.12. The van der Waals surface area contributed by atoms with E-state index in [0.29, 0.717) is 16.5 Å². The summed E-state index contributed by atoms with van der Waals surface area (Å²) in [5.41, 5.74) is -0.472. The van der Waals surface area contributed by atoms with Crippen molar-refractivity contribution in [2.45, 2.75) is 17.4 Å². The van der Waals surface area contributed by atoms with E-state index in [0.717, 1.165) is 0 Å². The first-order valence-corrected chi connectivity index (χ1v) is 9.90. The zero-order chi connectivity index (χ0) is 19.9. The van der Waals surface area contributed by atoms with Crippen molar-refractivity contribution < 1.29 is 23.1 Å². The van der Waals surface area contributed by atoms with Crippen molar-refractivity contribution in [3.05, 3.63) is 84.1 Å². The number of ether oxygens (including phenoxy) is 1. The monoisotopic (exact) mass is 396 g/mol. The number of aliphatic hydroxyl groups excluding tert-OH is 1. The molecule has 142 valence electrons. The molecule has 1 unspecified atom stereocenters. The number of fused-ring (bicyclic) bond motifs is 1. The van der Waals surface area contributed by atoms with Crippen LogP contribution in [0, 0.1) is 0 Å². The van der Waals surface area contributed by atoms with Crippen LogP contribution in [0.1, 0.15) is 12.5 Å². The summed E-state index contributed by atoms with van der Waals surface area (Å²) >= 11 is 0. The van der Waals surface area contributed by atoms with E-state index >= 15 is 0 Å². The Balaban J connectivity index is 1.73. The summed E-state index contributed by atoms with van der Waals surface area (Å²) in [6.45, 7) is 1.48. The van der Waals surface area contributed by atoms with E-state index in [2.05, 4.69) is 9.71 Å². The molecular weight excluding hydrogens is 380 g/mol. The largest absolute Gasteiger partial charge is 0.501 e. The molecule has 2 N–H and O–H groups in total. The van der Waals surface area contributed by atoms with Gasteiger partial charge < -0.3 is 9.84 Å². The van der Waals surface area contributed by atoms with Gasteiger partial charge in [-0.25, -0.2) is 13.1 Å². The van der Waals surface area contributed by atoms with Crippen LogP contribution in [0.4, 0.5) is 0 Å². The van der Waals surface area contributed by atoms with Crippen LogP contribution in [0.25, 0.3) is 10.9 Å². The van der Waals surface area contributed by atoms with Crippen LogP contribution < -0.4 is 4.72 Å². The molecule has 28 heavy (non-hydrogen) atoms. The number of hydrogen-bond donors (Lipinski definition) is 2. The summed E-state index contributed by atoms with van der Waals surface area (Å²) in [5.74, 6) is -2.02. The lowest BCUT2D eigenvalue weighted by Gasteiger charge is -2.25. The van der Waals surface area contributed by atoms with E-state index in [1.807, 2.05) is 6.07 Å². The van der Waals surface area contributed by atoms with E-state index in [4.69, 9.17) is 4.74 Å². The minimum Gasteiger partial charge on any atom is -0.501 e. The molecule has 2 heterocycles. The molecule has 1 aromatic heterocycles. The number of hydrogen-bond acceptors (Lipinski definition) is 6. The lowest BCUT2D eigenvalue weighted by molar-refractivity contribution is -0.131. The zero-order valence-corrected chi connectivity index (χ0v) is 15.6. The number of carbonyl (C=O) groups excluding carboxylic acids is 1. The maximum Gasteiger partial charge on any atom is 0.264 e. The number of aliphatic hydroxyl groups is 1. The number of nitrogens with one attached hydrogen (secondary N) is 1. The molecule has 7 nitrogen and oxygen atoms in total. The summed E-state index contributed by atoms with van der Waals surface area (Å²) < 4.78 is 32.9. The third-order valence-corrected chi connectivity index (χ3v) is 5.96. The van der Waals surface area contributed by atoms with Crippen molar-refractivity contribution in [3.63, 3.8) is 0 Å². The van der Waals surface area contributed by atoms with E-state index in [1.54, 1.807) is 42.5 Å². The Morgan fingerprint density at radius 2 is 1.71 bits per heavy atom. The second kappa shape index (κ2) is 6.35. The van der Waals surface area contributed by atoms with E-state index in [9.17, 15) is 18.3 Å². The standard InChI is InChI=1S/C20H16N2O5S/c1-20(15-11-12-21-16-10-6-5-9-14(15)16)18(24)17(23)19(27-20)22-28(25,26)13-7-3-2-4-8-13/h2-12,22-23H,1H3. The molecule has 1 aliphatic rings. The number of carbonyl (C=O) groups is 1. The average Bonchev–Trinajstić information content (AvgIpc) is 2.92. The molecule has 1 aliphatic heterocycles. The highest BCUT2D eigenvalue weighted by molar-refractivity contribution is 7.89. The summed E-state index contributed by atoms with van der Waals surface area (Å²) in [5, 5.41) is 11.0. The van der Waals surface area contributed by atoms with E-state index < -0.39 is 33.0 Å². The van der Waals surface area contributed by atoms with Crippen LogP contribution in [0.5, 0.6) is 0 Å². The molecule has 0 radical (unpaired) electrons. The van der Waals surface area contributed by atoms with Crippen molar-refractivity contribution in [1.82, 2.24) is 9.71 Å². The van der Waals surface area contributed by atoms with Gasteiger partial charge >= 0.3 is 0 Å². The Kier molecular flexibility index (Phi) is 4.08. The van der Waals surface area contributed by atoms with Crippen LogP contribution >= 0.6 is 0 Å². The molecule has 0 spiro atoms. The molecule has 3 aromatic rings. The maximum absolute atomic E-state index is 12.8. The summed E-state index contributed by atoms with van der Waals surface area (Å²) in [4.78, 5) is 17.0. The predicted molar refractivity (Wildman–Crippen MR) is 102 cm³/mol. The third kappa shape index (κ3) is 2.78. The van der Waals surface area contributed by atoms with E-state index in [-0.39, 0.29) is 4.90 Å². The number of ketones is 1. The lowest BCUT2D eigenvalue weighted by Crippen LogP contribution is -2.32. The van der Waals surface area contributed by atoms with Gasteiger partial charge in [-0.15, -0.1) is 0 Å². The van der Waals surface area contributed by atoms with Crippen LogP contribution in [-0.4, -0.2) is 24.3 Å². The number of rotatable bonds is 4. The number of Topliss-reactive ketones (excluding diaryl/α,β-unsaturated/α-hetero) is 1. The molecule has 0 aliphatic carbocycles. The van der Waals surface area contributed by atoms with Gasteiger partial charge in [0.05, 0.1) is 10.4 Å². The topological polar surface area (TPSA) is 106 Å². The van der Waals surface area contributed by atoms with Crippen LogP contribution in [0.2, 0.25) is 0 Å². The lowest BCUT2D eigenvalue weighted by atomic mass is 9.89. The van der Waals surface area contributed by atoms with Gasteiger partial charge in [0.25, 0.3) is 15.8 Å². The summed E-state index contributed by atoms with van der Waals surface area (Å²) in [6, 6.07) is 16.4. The number of nitrogens with zero attached hydrogens (tertiary/aromatic N) is 1. The predicted octanol–water partition coefficient (Wildman–Crippen LogP) is 2.75. The first-order chi connectivity index (χ1) is 13.3. The van der Waals surface area contributed by atoms with Gasteiger partial charge in [-0.2, -0.15) is 0 Å². The fourth-order valence-electron chi connectivity index (χ4n) is 3.17. The molecule has 0 saturated heterocycles. The number of pyridine rings is 1. The van der Waals surface area contributed by atoms with Gasteiger partial charge in [0, 0.05) is 17.1 Å².